The molecule has 1 aromatic carbocycles. The van der Waals surface area contributed by atoms with Crippen LogP contribution in [0.3, 0.4) is 0 Å². The summed E-state index contributed by atoms with van der Waals surface area (Å²) in [6.45, 7) is 9.01. The summed E-state index contributed by atoms with van der Waals surface area (Å²) in [4.78, 5) is 0. The van der Waals surface area contributed by atoms with Crippen molar-refractivity contribution in [1.29, 1.82) is 0 Å². The molecule has 0 bridgehead atoms. The molecule has 1 saturated heterocycles. The molecule has 3 rings (SSSR count). The van der Waals surface area contributed by atoms with Crippen molar-refractivity contribution in [2.24, 2.45) is 0 Å². The average molecular weight is 363 g/mol. The van der Waals surface area contributed by atoms with Crippen molar-refractivity contribution in [2.75, 3.05) is 0 Å². The third-order valence-electron chi connectivity index (χ3n) is 4.45. The summed E-state index contributed by atoms with van der Waals surface area (Å²) in [5.74, 6) is 0. The van der Waals surface area contributed by atoms with Gasteiger partial charge in [-0.05, 0) is 54.7 Å². The smallest absolute Gasteiger partial charge is 0.399 e. The highest BCUT2D eigenvalue weighted by Crippen LogP contribution is 2.36. The lowest BCUT2D eigenvalue weighted by molar-refractivity contribution is 0.00578. The van der Waals surface area contributed by atoms with E-state index in [-0.39, 0.29) is 18.3 Å². The van der Waals surface area contributed by atoms with Crippen LogP contribution in [0.25, 0.3) is 0 Å². The molecule has 1 aromatic heterocycles. The van der Waals surface area contributed by atoms with Crippen molar-refractivity contribution in [3.05, 3.63) is 46.7 Å². The fourth-order valence-electron chi connectivity index (χ4n) is 2.37. The van der Waals surface area contributed by atoms with Crippen LogP contribution in [0.4, 0.5) is 0 Å². The van der Waals surface area contributed by atoms with Crippen molar-refractivity contribution in [2.45, 2.75) is 45.4 Å². The maximum Gasteiger partial charge on any atom is 0.494 e. The first kappa shape index (κ1) is 15.8. The zero-order chi connectivity index (χ0) is 16.0. The van der Waals surface area contributed by atoms with Crippen LogP contribution < -0.4 is 5.46 Å². The highest BCUT2D eigenvalue weighted by molar-refractivity contribution is 9.10. The zero-order valence-electron chi connectivity index (χ0n) is 13.3. The van der Waals surface area contributed by atoms with E-state index in [0.29, 0.717) is 0 Å². The van der Waals surface area contributed by atoms with Gasteiger partial charge >= 0.3 is 7.12 Å². The monoisotopic (exact) mass is 362 g/mol. The Morgan fingerprint density at radius 1 is 1.09 bits per heavy atom. The van der Waals surface area contributed by atoms with Crippen LogP contribution in [0.2, 0.25) is 0 Å². The molecule has 6 heteroatoms. The summed E-state index contributed by atoms with van der Waals surface area (Å²) in [5, 5.41) is 4.27. The maximum absolute atomic E-state index is 6.07. The van der Waals surface area contributed by atoms with Crippen LogP contribution in [0, 0.1) is 0 Å². The minimum absolute atomic E-state index is 0.308. The number of benzene rings is 1. The van der Waals surface area contributed by atoms with E-state index >= 15 is 0 Å². The van der Waals surface area contributed by atoms with Crippen molar-refractivity contribution < 1.29 is 9.31 Å². The Balaban J connectivity index is 1.72. The molecule has 0 unspecified atom stereocenters. The molecule has 2 aromatic rings. The molecule has 1 aliphatic rings. The highest BCUT2D eigenvalue weighted by atomic mass is 79.9. The second-order valence-corrected chi connectivity index (χ2v) is 7.60. The molecule has 1 aliphatic heterocycles. The summed E-state index contributed by atoms with van der Waals surface area (Å²) in [5.41, 5.74) is 1.62. The van der Waals surface area contributed by atoms with Crippen LogP contribution in [-0.2, 0) is 15.9 Å². The van der Waals surface area contributed by atoms with Gasteiger partial charge in [-0.25, -0.2) is 0 Å². The summed E-state index contributed by atoms with van der Waals surface area (Å²) in [6, 6.07) is 8.32. The van der Waals surface area contributed by atoms with E-state index in [1.54, 1.807) is 6.20 Å². The minimum atomic E-state index is -0.308. The standard InChI is InChI=1S/C16H20BBrN2O2/c1-15(2)16(3,4)22-17(21-15)13-7-5-12(6-8-13)10-20-11-14(18)9-19-20/h5-9,11H,10H2,1-4H3. The molecule has 0 saturated carbocycles. The second-order valence-electron chi connectivity index (χ2n) is 6.69. The fourth-order valence-corrected chi connectivity index (χ4v) is 2.70. The van der Waals surface area contributed by atoms with E-state index in [4.69, 9.17) is 9.31 Å². The van der Waals surface area contributed by atoms with E-state index in [0.717, 1.165) is 16.5 Å². The quantitative estimate of drug-likeness (QED) is 0.787. The first-order valence-corrected chi connectivity index (χ1v) is 8.19. The Bertz CT molecular complexity index is 651. The zero-order valence-corrected chi connectivity index (χ0v) is 14.9. The first-order chi connectivity index (χ1) is 10.3. The predicted molar refractivity (Wildman–Crippen MR) is 91.2 cm³/mol. The van der Waals surface area contributed by atoms with Gasteiger partial charge in [0.05, 0.1) is 28.4 Å². The fraction of sp³-hybridized carbons (Fsp3) is 0.438. The van der Waals surface area contributed by atoms with E-state index in [1.807, 2.05) is 10.9 Å². The molecule has 0 spiro atoms. The molecule has 1 fully saturated rings. The lowest BCUT2D eigenvalue weighted by Crippen LogP contribution is -2.41. The van der Waals surface area contributed by atoms with Crippen LogP contribution in [0.15, 0.2) is 41.1 Å². The number of rotatable bonds is 3. The molecule has 0 radical (unpaired) electrons. The van der Waals surface area contributed by atoms with Gasteiger partial charge in [-0.2, -0.15) is 5.10 Å². The van der Waals surface area contributed by atoms with E-state index in [1.165, 1.54) is 5.56 Å². The molecule has 22 heavy (non-hydrogen) atoms. The molecule has 0 amide bonds. The number of aromatic nitrogens is 2. The Hall–Kier alpha value is -1.11. The maximum atomic E-state index is 6.07. The van der Waals surface area contributed by atoms with Crippen LogP contribution in [-0.4, -0.2) is 28.1 Å². The Labute approximate surface area is 140 Å². The van der Waals surface area contributed by atoms with E-state index < -0.39 is 0 Å². The lowest BCUT2D eigenvalue weighted by Gasteiger charge is -2.32. The molecule has 116 valence electrons. The predicted octanol–water partition coefficient (Wildman–Crippen LogP) is 2.99. The van der Waals surface area contributed by atoms with Crippen molar-refractivity contribution >= 4 is 28.5 Å². The normalized spacial score (nSPS) is 19.6. The lowest BCUT2D eigenvalue weighted by atomic mass is 9.79. The Kier molecular flexibility index (Phi) is 3.95. The number of hydrogen-bond acceptors (Lipinski definition) is 3. The van der Waals surface area contributed by atoms with E-state index in [2.05, 4.69) is 73.0 Å². The van der Waals surface area contributed by atoms with Crippen molar-refractivity contribution in [1.82, 2.24) is 9.78 Å². The van der Waals surface area contributed by atoms with Gasteiger partial charge < -0.3 is 9.31 Å². The van der Waals surface area contributed by atoms with Gasteiger partial charge in [0.25, 0.3) is 0 Å². The minimum Gasteiger partial charge on any atom is -0.399 e. The van der Waals surface area contributed by atoms with Crippen LogP contribution in [0.1, 0.15) is 33.3 Å². The topological polar surface area (TPSA) is 36.3 Å². The Morgan fingerprint density at radius 2 is 1.68 bits per heavy atom. The molecule has 0 aliphatic carbocycles. The third-order valence-corrected chi connectivity index (χ3v) is 4.86. The SMILES string of the molecule is CC1(C)OB(c2ccc(Cn3cc(Br)cn3)cc2)OC1(C)C. The largest absolute Gasteiger partial charge is 0.494 e. The van der Waals surface area contributed by atoms with Crippen molar-refractivity contribution in [3.63, 3.8) is 0 Å². The van der Waals surface area contributed by atoms with Crippen LogP contribution in [0.5, 0.6) is 0 Å². The number of hydrogen-bond donors (Lipinski definition) is 0. The number of nitrogens with zero attached hydrogens (tertiary/aromatic N) is 2. The van der Waals surface area contributed by atoms with Gasteiger partial charge in [0.15, 0.2) is 0 Å². The van der Waals surface area contributed by atoms with Gasteiger partial charge in [0.2, 0.25) is 0 Å². The Morgan fingerprint density at radius 3 is 2.18 bits per heavy atom. The molecule has 0 atom stereocenters. The average Bonchev–Trinajstić information content (AvgIpc) is 2.92. The second kappa shape index (κ2) is 5.51. The van der Waals surface area contributed by atoms with Gasteiger partial charge in [-0.1, -0.05) is 24.3 Å². The molecule has 4 nitrogen and oxygen atoms in total. The third kappa shape index (κ3) is 3.00. The summed E-state index contributed by atoms with van der Waals surface area (Å²) < 4.78 is 15.0. The van der Waals surface area contributed by atoms with Crippen molar-refractivity contribution in [3.8, 4) is 0 Å². The summed E-state index contributed by atoms with van der Waals surface area (Å²) >= 11 is 3.41. The van der Waals surface area contributed by atoms with Gasteiger partial charge in [0, 0.05) is 6.20 Å². The van der Waals surface area contributed by atoms with Gasteiger partial charge in [0.1, 0.15) is 0 Å². The first-order valence-electron chi connectivity index (χ1n) is 7.39. The number of halogens is 1. The highest BCUT2D eigenvalue weighted by Gasteiger charge is 2.51. The molecular formula is C16H20BBrN2O2. The molecule has 0 N–H and O–H groups in total. The molecule has 2 heterocycles. The van der Waals surface area contributed by atoms with Gasteiger partial charge in [-0.3, -0.25) is 4.68 Å². The summed E-state index contributed by atoms with van der Waals surface area (Å²) in [6.07, 6.45) is 3.75. The molecular weight excluding hydrogens is 343 g/mol. The van der Waals surface area contributed by atoms with E-state index in [9.17, 15) is 0 Å². The summed E-state index contributed by atoms with van der Waals surface area (Å²) in [7, 11) is -0.308. The van der Waals surface area contributed by atoms with Crippen LogP contribution >= 0.6 is 15.9 Å². The van der Waals surface area contributed by atoms with Gasteiger partial charge in [-0.15, -0.1) is 0 Å².